The van der Waals surface area contributed by atoms with E-state index in [1.54, 1.807) is 11.8 Å². The largest absolute Gasteiger partial charge is 0.391 e. The third-order valence-electron chi connectivity index (χ3n) is 7.46. The second-order valence-electron chi connectivity index (χ2n) is 9.67. The van der Waals surface area contributed by atoms with Crippen molar-refractivity contribution in [3.05, 3.63) is 0 Å². The molecule has 5 unspecified atom stereocenters. The Balaban J connectivity index is 1.26. The van der Waals surface area contributed by atoms with E-state index >= 15 is 0 Å². The Labute approximate surface area is 198 Å². The fraction of sp³-hybridized carbons (Fsp3) is 0.905. The Morgan fingerprint density at radius 1 is 1.16 bits per heavy atom. The van der Waals surface area contributed by atoms with E-state index in [0.29, 0.717) is 25.7 Å². The Morgan fingerprint density at radius 2 is 1.90 bits per heavy atom. The van der Waals surface area contributed by atoms with Gasteiger partial charge in [0.2, 0.25) is 11.8 Å². The maximum Gasteiger partial charge on any atom is 0.246 e. The van der Waals surface area contributed by atoms with Crippen molar-refractivity contribution in [3.8, 4) is 0 Å². The third-order valence-corrected chi connectivity index (χ3v) is 9.75. The third kappa shape index (κ3) is 5.30. The van der Waals surface area contributed by atoms with E-state index in [2.05, 4.69) is 22.9 Å². The summed E-state index contributed by atoms with van der Waals surface area (Å²) in [7, 11) is 0. The summed E-state index contributed by atoms with van der Waals surface area (Å²) in [5.41, 5.74) is -1.01. The van der Waals surface area contributed by atoms with Crippen LogP contribution in [0.5, 0.6) is 0 Å². The molecular weight excluding hydrogens is 461 g/mol. The molecule has 0 aromatic heterocycles. The van der Waals surface area contributed by atoms with E-state index < -0.39 is 11.6 Å². The highest BCUT2D eigenvalue weighted by molar-refractivity contribution is 8.00. The number of halogens is 2. The first-order chi connectivity index (χ1) is 14.7. The molecule has 7 nitrogen and oxygen atoms in total. The van der Waals surface area contributed by atoms with Gasteiger partial charge in [-0.2, -0.15) is 0 Å². The van der Waals surface area contributed by atoms with Crippen LogP contribution in [-0.4, -0.2) is 74.7 Å². The van der Waals surface area contributed by atoms with Crippen LogP contribution in [0.1, 0.15) is 58.3 Å². The SMILES string of the molecule is CC1NC(C(=O)NC23CCC(NC(=O)COC4CCC(Cl)C(Cl)C4)(CC2)[C@@H](O)C3)CS1. The lowest BCUT2D eigenvalue weighted by atomic mass is 9.60. The standard InChI is InChI=1S/C21H33Cl2N3O4S/c1-12-24-16(11-31-12)19(29)26-20-4-6-21(7-5-20,17(27)9-20)25-18(28)10-30-13-2-3-14(22)15(23)8-13/h12-17,24,27H,2-11H2,1H3,(H,25,28)(H,26,29)/t12?,13?,14?,15?,16?,17-,20?,21?/m0/s1. The van der Waals surface area contributed by atoms with E-state index in [4.69, 9.17) is 27.9 Å². The number of fused-ring (bicyclic) bond motifs is 3. The molecule has 176 valence electrons. The minimum atomic E-state index is -0.692. The van der Waals surface area contributed by atoms with Gasteiger partial charge in [0.1, 0.15) is 6.61 Å². The molecule has 4 N–H and O–H groups in total. The van der Waals surface area contributed by atoms with Gasteiger partial charge >= 0.3 is 0 Å². The van der Waals surface area contributed by atoms with Crippen molar-refractivity contribution >= 4 is 46.8 Å². The van der Waals surface area contributed by atoms with Crippen LogP contribution in [0.2, 0.25) is 0 Å². The first kappa shape index (κ1) is 23.9. The minimum Gasteiger partial charge on any atom is -0.391 e. The summed E-state index contributed by atoms with van der Waals surface area (Å²) in [4.78, 5) is 25.3. The lowest BCUT2D eigenvalue weighted by molar-refractivity contribution is -0.140. The molecule has 1 heterocycles. The van der Waals surface area contributed by atoms with Crippen molar-refractivity contribution in [3.63, 3.8) is 0 Å². The maximum absolute atomic E-state index is 12.7. The monoisotopic (exact) mass is 493 g/mol. The molecule has 6 atom stereocenters. The summed E-state index contributed by atoms with van der Waals surface area (Å²) in [6, 6.07) is -0.182. The molecule has 5 rings (SSSR count). The number of hydrogen-bond acceptors (Lipinski definition) is 6. The number of hydrogen-bond donors (Lipinski definition) is 4. The number of alkyl halides is 2. The van der Waals surface area contributed by atoms with E-state index in [-0.39, 0.29) is 52.2 Å². The number of aliphatic hydroxyl groups is 1. The van der Waals surface area contributed by atoms with Crippen LogP contribution >= 0.6 is 35.0 Å². The molecule has 4 aliphatic carbocycles. The summed E-state index contributed by atoms with van der Waals surface area (Å²) in [6.07, 6.45) is 4.73. The van der Waals surface area contributed by atoms with Gasteiger partial charge in [-0.25, -0.2) is 0 Å². The minimum absolute atomic E-state index is 0.0140. The van der Waals surface area contributed by atoms with Gasteiger partial charge < -0.3 is 20.5 Å². The number of carbonyl (C=O) groups is 2. The highest BCUT2D eigenvalue weighted by Gasteiger charge is 2.55. The van der Waals surface area contributed by atoms with Gasteiger partial charge in [-0.3, -0.25) is 14.9 Å². The van der Waals surface area contributed by atoms with E-state index in [1.165, 1.54) is 0 Å². The van der Waals surface area contributed by atoms with Crippen molar-refractivity contribution in [2.24, 2.45) is 0 Å². The van der Waals surface area contributed by atoms with E-state index in [0.717, 1.165) is 31.4 Å². The normalized spacial score (nSPS) is 44.8. The summed E-state index contributed by atoms with van der Waals surface area (Å²) in [6.45, 7) is 2.01. The molecule has 2 amide bonds. The number of amides is 2. The number of ether oxygens (including phenoxy) is 1. The van der Waals surface area contributed by atoms with E-state index in [1.807, 2.05) is 0 Å². The molecule has 0 radical (unpaired) electrons. The Hall–Kier alpha value is -0.250. The van der Waals surface area contributed by atoms with Gasteiger partial charge in [-0.05, 0) is 58.3 Å². The number of aliphatic hydroxyl groups excluding tert-OH is 1. The van der Waals surface area contributed by atoms with Crippen LogP contribution in [0.25, 0.3) is 0 Å². The molecule has 5 fully saturated rings. The first-order valence-electron chi connectivity index (χ1n) is 11.3. The van der Waals surface area contributed by atoms with Gasteiger partial charge in [0.15, 0.2) is 0 Å². The van der Waals surface area contributed by atoms with Crippen molar-refractivity contribution in [2.45, 2.75) is 104 Å². The zero-order valence-corrected chi connectivity index (χ0v) is 20.2. The molecule has 1 aliphatic heterocycles. The zero-order chi connectivity index (χ0) is 22.2. The fourth-order valence-corrected chi connectivity index (χ4v) is 7.03. The van der Waals surface area contributed by atoms with Crippen LogP contribution in [0.4, 0.5) is 0 Å². The van der Waals surface area contributed by atoms with Crippen molar-refractivity contribution in [1.29, 1.82) is 0 Å². The summed E-state index contributed by atoms with van der Waals surface area (Å²) >= 11 is 14.1. The Kier molecular flexibility index (Phi) is 7.36. The van der Waals surface area contributed by atoms with Crippen molar-refractivity contribution in [2.75, 3.05) is 12.4 Å². The van der Waals surface area contributed by atoms with Crippen molar-refractivity contribution in [1.82, 2.24) is 16.0 Å². The quantitative estimate of drug-likeness (QED) is 0.421. The number of carbonyl (C=O) groups excluding carboxylic acids is 2. The molecule has 0 aromatic carbocycles. The lowest BCUT2D eigenvalue weighted by Crippen LogP contribution is -2.71. The van der Waals surface area contributed by atoms with Gasteiger partial charge in [0.05, 0.1) is 39.9 Å². The number of nitrogens with one attached hydrogen (secondary N) is 3. The molecule has 31 heavy (non-hydrogen) atoms. The second kappa shape index (κ2) is 9.55. The molecule has 10 heteroatoms. The highest BCUT2D eigenvalue weighted by atomic mass is 35.5. The molecular formula is C21H33Cl2N3O4S. The molecule has 2 bridgehead atoms. The van der Waals surface area contributed by atoms with Crippen LogP contribution in [-0.2, 0) is 14.3 Å². The molecule has 0 spiro atoms. The van der Waals surface area contributed by atoms with Gasteiger partial charge in [0.25, 0.3) is 0 Å². The Morgan fingerprint density at radius 3 is 2.52 bits per heavy atom. The molecule has 4 saturated carbocycles. The summed E-state index contributed by atoms with van der Waals surface area (Å²) in [5.74, 6) is 0.570. The van der Waals surface area contributed by atoms with Crippen molar-refractivity contribution < 1.29 is 19.4 Å². The van der Waals surface area contributed by atoms with Crippen LogP contribution < -0.4 is 16.0 Å². The smallest absolute Gasteiger partial charge is 0.246 e. The van der Waals surface area contributed by atoms with Gasteiger partial charge in [-0.1, -0.05) is 0 Å². The molecule has 0 aromatic rings. The predicted octanol–water partition coefficient (Wildman–Crippen LogP) is 1.87. The van der Waals surface area contributed by atoms with E-state index in [9.17, 15) is 14.7 Å². The topological polar surface area (TPSA) is 99.7 Å². The Bertz CT molecular complexity index is 692. The number of rotatable bonds is 6. The maximum atomic E-state index is 12.7. The highest BCUT2D eigenvalue weighted by Crippen LogP contribution is 2.47. The predicted molar refractivity (Wildman–Crippen MR) is 123 cm³/mol. The van der Waals surface area contributed by atoms with Crippen LogP contribution in [0.15, 0.2) is 0 Å². The fourth-order valence-electron chi connectivity index (χ4n) is 5.48. The number of thioether (sulfide) groups is 1. The molecule has 5 aliphatic rings. The zero-order valence-electron chi connectivity index (χ0n) is 17.9. The first-order valence-corrected chi connectivity index (χ1v) is 13.2. The molecule has 1 saturated heterocycles. The van der Waals surface area contributed by atoms with Gasteiger partial charge in [-0.15, -0.1) is 35.0 Å². The average molecular weight is 494 g/mol. The van der Waals surface area contributed by atoms with Crippen LogP contribution in [0, 0.1) is 0 Å². The lowest BCUT2D eigenvalue weighted by Gasteiger charge is -2.56. The summed E-state index contributed by atoms with van der Waals surface area (Å²) < 4.78 is 5.78. The average Bonchev–Trinajstić information content (AvgIpc) is 3.17. The van der Waals surface area contributed by atoms with Crippen LogP contribution in [0.3, 0.4) is 0 Å². The summed E-state index contributed by atoms with van der Waals surface area (Å²) in [5, 5.41) is 20.6. The second-order valence-corrected chi connectivity index (χ2v) is 12.2. The van der Waals surface area contributed by atoms with Gasteiger partial charge in [0, 0.05) is 11.3 Å².